The van der Waals surface area contributed by atoms with Gasteiger partial charge in [0, 0.05) is 30.5 Å². The third-order valence-corrected chi connectivity index (χ3v) is 7.15. The second-order valence-corrected chi connectivity index (χ2v) is 11.2. The summed E-state index contributed by atoms with van der Waals surface area (Å²) in [4.78, 5) is 42.2. The molecule has 2 fully saturated rings. The SMILES string of the molecule is CC[C@@H]1C[C@H]1NC(=O)[C@@H]1C[C@@H](OC(=O)N2Cc3cccc(Cl)c3C2)CN1C(=O)CC(C)(C)C. The van der Waals surface area contributed by atoms with Gasteiger partial charge in [0.1, 0.15) is 12.1 Å². The summed E-state index contributed by atoms with van der Waals surface area (Å²) in [5.74, 6) is 0.299. The number of nitrogens with zero attached hydrogens (tertiary/aromatic N) is 2. The minimum absolute atomic E-state index is 0.0793. The number of ether oxygens (including phenoxy) is 1. The third-order valence-electron chi connectivity index (χ3n) is 6.79. The van der Waals surface area contributed by atoms with E-state index < -0.39 is 18.2 Å². The second kappa shape index (κ2) is 9.16. The molecule has 180 valence electrons. The number of hydrogen-bond donors (Lipinski definition) is 1. The smallest absolute Gasteiger partial charge is 0.410 e. The first-order valence-corrected chi connectivity index (χ1v) is 12.2. The van der Waals surface area contributed by atoms with Gasteiger partial charge in [-0.2, -0.15) is 0 Å². The lowest BCUT2D eigenvalue weighted by atomic mass is 9.91. The molecule has 4 rings (SSSR count). The van der Waals surface area contributed by atoms with Gasteiger partial charge in [0.2, 0.25) is 11.8 Å². The predicted molar refractivity (Wildman–Crippen MR) is 125 cm³/mol. The number of likely N-dealkylation sites (tertiary alicyclic amines) is 1. The molecule has 0 bridgehead atoms. The summed E-state index contributed by atoms with van der Waals surface area (Å²) in [6.45, 7) is 9.20. The number of amides is 3. The van der Waals surface area contributed by atoms with Gasteiger partial charge < -0.3 is 15.0 Å². The van der Waals surface area contributed by atoms with Crippen LogP contribution in [0.15, 0.2) is 18.2 Å². The number of fused-ring (bicyclic) bond motifs is 1. The number of benzene rings is 1. The number of nitrogens with one attached hydrogen (secondary N) is 1. The molecule has 4 atom stereocenters. The van der Waals surface area contributed by atoms with Crippen LogP contribution in [0.3, 0.4) is 0 Å². The Morgan fingerprint density at radius 1 is 1.18 bits per heavy atom. The maximum absolute atomic E-state index is 13.1. The lowest BCUT2D eigenvalue weighted by Gasteiger charge is -2.27. The molecule has 2 heterocycles. The van der Waals surface area contributed by atoms with Gasteiger partial charge in [-0.05, 0) is 34.9 Å². The van der Waals surface area contributed by atoms with E-state index >= 15 is 0 Å². The van der Waals surface area contributed by atoms with Gasteiger partial charge >= 0.3 is 6.09 Å². The molecule has 1 saturated carbocycles. The van der Waals surface area contributed by atoms with Crippen LogP contribution in [0.1, 0.15) is 64.5 Å². The average Bonchev–Trinajstić information content (AvgIpc) is 3.13. The highest BCUT2D eigenvalue weighted by Gasteiger charge is 2.45. The highest BCUT2D eigenvalue weighted by Crippen LogP contribution is 2.34. The largest absolute Gasteiger partial charge is 0.444 e. The number of halogens is 1. The minimum Gasteiger partial charge on any atom is -0.444 e. The van der Waals surface area contributed by atoms with Gasteiger partial charge in [0.05, 0.1) is 13.1 Å². The van der Waals surface area contributed by atoms with Crippen molar-refractivity contribution in [1.82, 2.24) is 15.1 Å². The van der Waals surface area contributed by atoms with E-state index in [9.17, 15) is 14.4 Å². The summed E-state index contributed by atoms with van der Waals surface area (Å²) in [6.07, 6.45) is 1.71. The summed E-state index contributed by atoms with van der Waals surface area (Å²) in [5, 5.41) is 3.74. The van der Waals surface area contributed by atoms with Crippen molar-refractivity contribution in [1.29, 1.82) is 0 Å². The highest BCUT2D eigenvalue weighted by atomic mass is 35.5. The van der Waals surface area contributed by atoms with Crippen molar-refractivity contribution < 1.29 is 19.1 Å². The normalized spacial score (nSPS) is 26.2. The van der Waals surface area contributed by atoms with Gasteiger partial charge in [-0.1, -0.05) is 57.8 Å². The minimum atomic E-state index is -0.610. The Morgan fingerprint density at radius 2 is 1.94 bits per heavy atom. The lowest BCUT2D eigenvalue weighted by molar-refractivity contribution is -0.140. The first-order chi connectivity index (χ1) is 15.6. The van der Waals surface area contributed by atoms with Crippen molar-refractivity contribution in [2.45, 2.75) is 84.7 Å². The van der Waals surface area contributed by atoms with Gasteiger partial charge in [-0.3, -0.25) is 14.5 Å². The molecule has 1 saturated heterocycles. The van der Waals surface area contributed by atoms with Gasteiger partial charge in [-0.25, -0.2) is 4.79 Å². The maximum atomic E-state index is 13.1. The monoisotopic (exact) mass is 475 g/mol. The van der Waals surface area contributed by atoms with Crippen molar-refractivity contribution in [3.63, 3.8) is 0 Å². The van der Waals surface area contributed by atoms with Crippen LogP contribution < -0.4 is 5.32 Å². The van der Waals surface area contributed by atoms with E-state index in [4.69, 9.17) is 16.3 Å². The van der Waals surface area contributed by atoms with Crippen LogP contribution in [0, 0.1) is 11.3 Å². The van der Waals surface area contributed by atoms with E-state index in [0.29, 0.717) is 36.9 Å². The van der Waals surface area contributed by atoms with Crippen molar-refractivity contribution in [2.75, 3.05) is 6.54 Å². The van der Waals surface area contributed by atoms with Gasteiger partial charge in [0.15, 0.2) is 0 Å². The summed E-state index contributed by atoms with van der Waals surface area (Å²) < 4.78 is 5.79. The molecular formula is C25H34ClN3O4. The van der Waals surface area contributed by atoms with Crippen LogP contribution in [-0.2, 0) is 27.4 Å². The third kappa shape index (κ3) is 5.45. The zero-order valence-electron chi connectivity index (χ0n) is 19.9. The number of rotatable bonds is 5. The van der Waals surface area contributed by atoms with Crippen molar-refractivity contribution in [2.24, 2.45) is 11.3 Å². The molecule has 0 unspecified atom stereocenters. The quantitative estimate of drug-likeness (QED) is 0.695. The molecule has 0 aromatic heterocycles. The zero-order valence-corrected chi connectivity index (χ0v) is 20.7. The second-order valence-electron chi connectivity index (χ2n) is 10.8. The summed E-state index contributed by atoms with van der Waals surface area (Å²) in [7, 11) is 0. The zero-order chi connectivity index (χ0) is 23.9. The number of hydrogen-bond acceptors (Lipinski definition) is 4. The standard InChI is InChI=1S/C25H34ClN3O4/c1-5-15-9-20(15)27-23(31)21-10-17(13-29(21)22(30)11-25(2,3)4)33-24(32)28-12-16-7-6-8-19(26)18(16)14-28/h6-8,15,17,20-21H,5,9-14H2,1-4H3,(H,27,31)/t15-,17-,20-,21+/m1/s1. The lowest BCUT2D eigenvalue weighted by Crippen LogP contribution is -2.47. The van der Waals surface area contributed by atoms with E-state index in [1.807, 2.05) is 39.0 Å². The maximum Gasteiger partial charge on any atom is 0.410 e. The predicted octanol–water partition coefficient (Wildman–Crippen LogP) is 4.11. The molecule has 3 amide bonds. The van der Waals surface area contributed by atoms with E-state index in [-0.39, 0.29) is 29.8 Å². The molecule has 1 aliphatic carbocycles. The van der Waals surface area contributed by atoms with Crippen LogP contribution in [0.2, 0.25) is 5.02 Å². The molecule has 2 aliphatic heterocycles. The first kappa shape index (κ1) is 23.9. The summed E-state index contributed by atoms with van der Waals surface area (Å²) in [6, 6.07) is 5.23. The fourth-order valence-electron chi connectivity index (χ4n) is 4.84. The first-order valence-electron chi connectivity index (χ1n) is 11.9. The fraction of sp³-hybridized carbons (Fsp3) is 0.640. The molecule has 1 aromatic carbocycles. The van der Waals surface area contributed by atoms with E-state index in [0.717, 1.165) is 24.0 Å². The van der Waals surface area contributed by atoms with E-state index in [1.54, 1.807) is 9.80 Å². The van der Waals surface area contributed by atoms with E-state index in [1.165, 1.54) is 0 Å². The molecule has 1 N–H and O–H groups in total. The van der Waals surface area contributed by atoms with Crippen LogP contribution in [-0.4, -0.2) is 52.4 Å². The Labute approximate surface area is 200 Å². The highest BCUT2D eigenvalue weighted by molar-refractivity contribution is 6.31. The van der Waals surface area contributed by atoms with Gasteiger partial charge in [-0.15, -0.1) is 0 Å². The Balaban J connectivity index is 1.41. The molecule has 0 radical (unpaired) electrons. The molecular weight excluding hydrogens is 442 g/mol. The van der Waals surface area contributed by atoms with Crippen LogP contribution in [0.5, 0.6) is 0 Å². The molecule has 0 spiro atoms. The van der Waals surface area contributed by atoms with E-state index in [2.05, 4.69) is 12.2 Å². The molecule has 33 heavy (non-hydrogen) atoms. The number of carbonyl (C=O) groups excluding carboxylic acids is 3. The van der Waals surface area contributed by atoms with Crippen molar-refractivity contribution >= 4 is 29.5 Å². The van der Waals surface area contributed by atoms with Gasteiger partial charge in [0.25, 0.3) is 0 Å². The van der Waals surface area contributed by atoms with Crippen LogP contribution >= 0.6 is 11.6 Å². The summed E-state index contributed by atoms with van der Waals surface area (Å²) >= 11 is 6.27. The molecule has 8 heteroatoms. The average molecular weight is 476 g/mol. The summed E-state index contributed by atoms with van der Waals surface area (Å²) in [5.41, 5.74) is 1.76. The van der Waals surface area contributed by atoms with Crippen molar-refractivity contribution in [3.05, 3.63) is 34.3 Å². The Morgan fingerprint density at radius 3 is 2.58 bits per heavy atom. The van der Waals surface area contributed by atoms with Crippen LogP contribution in [0.25, 0.3) is 0 Å². The Bertz CT molecular complexity index is 944. The van der Waals surface area contributed by atoms with Crippen LogP contribution in [0.4, 0.5) is 4.79 Å². The topological polar surface area (TPSA) is 79.0 Å². The Hall–Kier alpha value is -2.28. The molecule has 1 aromatic rings. The Kier molecular flexibility index (Phi) is 6.63. The van der Waals surface area contributed by atoms with Crippen molar-refractivity contribution in [3.8, 4) is 0 Å². The number of carbonyl (C=O) groups is 3. The molecule has 3 aliphatic rings. The fourth-order valence-corrected chi connectivity index (χ4v) is 5.10. The molecule has 7 nitrogen and oxygen atoms in total.